The molecule has 0 spiro atoms. The van der Waals surface area contributed by atoms with Crippen LogP contribution in [0.2, 0.25) is 0 Å². The normalized spacial score (nSPS) is 22.0. The van der Waals surface area contributed by atoms with Crippen LogP contribution in [0.1, 0.15) is 41.7 Å². The number of amides is 1. The van der Waals surface area contributed by atoms with Gasteiger partial charge in [-0.2, -0.15) is 5.26 Å². The number of nitriles is 1. The zero-order chi connectivity index (χ0) is 14.4. The SMILES string of the molecule is N#Cc1ccc(C(=O)NCC2CCCCC2CBr)nc1. The lowest BCUT2D eigenvalue weighted by molar-refractivity contribution is 0.0932. The third-order valence-corrected chi connectivity index (χ3v) is 4.75. The van der Waals surface area contributed by atoms with Crippen LogP contribution in [0.5, 0.6) is 0 Å². The van der Waals surface area contributed by atoms with Crippen molar-refractivity contribution in [2.24, 2.45) is 11.8 Å². The van der Waals surface area contributed by atoms with Crippen molar-refractivity contribution in [1.29, 1.82) is 5.26 Å². The first-order chi connectivity index (χ1) is 9.74. The largest absolute Gasteiger partial charge is 0.350 e. The second-order valence-corrected chi connectivity index (χ2v) is 5.86. The molecule has 1 heterocycles. The van der Waals surface area contributed by atoms with E-state index in [0.29, 0.717) is 29.6 Å². The van der Waals surface area contributed by atoms with Crippen LogP contribution >= 0.6 is 15.9 Å². The monoisotopic (exact) mass is 335 g/mol. The van der Waals surface area contributed by atoms with Gasteiger partial charge < -0.3 is 5.32 Å². The molecule has 1 saturated carbocycles. The van der Waals surface area contributed by atoms with Crippen molar-refractivity contribution in [3.63, 3.8) is 0 Å². The Morgan fingerprint density at radius 3 is 2.75 bits per heavy atom. The van der Waals surface area contributed by atoms with E-state index < -0.39 is 0 Å². The maximum absolute atomic E-state index is 12.0. The van der Waals surface area contributed by atoms with Crippen LogP contribution in [-0.4, -0.2) is 22.8 Å². The van der Waals surface area contributed by atoms with Crippen molar-refractivity contribution in [1.82, 2.24) is 10.3 Å². The fraction of sp³-hybridized carbons (Fsp3) is 0.533. The van der Waals surface area contributed by atoms with E-state index in [4.69, 9.17) is 5.26 Å². The number of nitrogens with one attached hydrogen (secondary N) is 1. The van der Waals surface area contributed by atoms with Gasteiger partial charge in [-0.3, -0.25) is 4.79 Å². The molecule has 4 nitrogen and oxygen atoms in total. The van der Waals surface area contributed by atoms with Crippen LogP contribution in [0.3, 0.4) is 0 Å². The molecular formula is C15H18BrN3O. The van der Waals surface area contributed by atoms with Crippen LogP contribution in [0.15, 0.2) is 18.3 Å². The lowest BCUT2D eigenvalue weighted by Gasteiger charge is -2.30. The first-order valence-electron chi connectivity index (χ1n) is 6.95. The second-order valence-electron chi connectivity index (χ2n) is 5.21. The predicted octanol–water partition coefficient (Wildman–Crippen LogP) is 2.88. The number of nitrogens with zero attached hydrogens (tertiary/aromatic N) is 2. The van der Waals surface area contributed by atoms with Crippen molar-refractivity contribution >= 4 is 21.8 Å². The Balaban J connectivity index is 1.89. The minimum Gasteiger partial charge on any atom is -0.350 e. The van der Waals surface area contributed by atoms with E-state index in [1.165, 1.54) is 31.9 Å². The average Bonchev–Trinajstić information content (AvgIpc) is 2.53. The highest BCUT2D eigenvalue weighted by atomic mass is 79.9. The van der Waals surface area contributed by atoms with Gasteiger partial charge in [-0.15, -0.1) is 0 Å². The van der Waals surface area contributed by atoms with Gasteiger partial charge in [0.1, 0.15) is 11.8 Å². The topological polar surface area (TPSA) is 65.8 Å². The van der Waals surface area contributed by atoms with Gasteiger partial charge in [0, 0.05) is 18.1 Å². The van der Waals surface area contributed by atoms with Gasteiger partial charge in [-0.1, -0.05) is 28.8 Å². The lowest BCUT2D eigenvalue weighted by Crippen LogP contribution is -2.35. The third kappa shape index (κ3) is 3.80. The molecule has 106 valence electrons. The number of hydrogen-bond acceptors (Lipinski definition) is 3. The highest BCUT2D eigenvalue weighted by Gasteiger charge is 2.24. The molecule has 2 rings (SSSR count). The van der Waals surface area contributed by atoms with Crippen LogP contribution in [0, 0.1) is 23.2 Å². The van der Waals surface area contributed by atoms with Gasteiger partial charge in [0.15, 0.2) is 0 Å². The van der Waals surface area contributed by atoms with Crippen molar-refractivity contribution < 1.29 is 4.79 Å². The van der Waals surface area contributed by atoms with Gasteiger partial charge in [0.25, 0.3) is 5.91 Å². The summed E-state index contributed by atoms with van der Waals surface area (Å²) >= 11 is 3.56. The molecule has 1 aromatic heterocycles. The molecule has 0 aliphatic heterocycles. The number of rotatable bonds is 4. The maximum Gasteiger partial charge on any atom is 0.269 e. The van der Waals surface area contributed by atoms with E-state index in [1.807, 2.05) is 6.07 Å². The minimum atomic E-state index is -0.159. The zero-order valence-corrected chi connectivity index (χ0v) is 12.9. The van der Waals surface area contributed by atoms with Gasteiger partial charge in [-0.05, 0) is 36.8 Å². The summed E-state index contributed by atoms with van der Waals surface area (Å²) in [4.78, 5) is 16.0. The van der Waals surface area contributed by atoms with Gasteiger partial charge in [-0.25, -0.2) is 4.98 Å². The Morgan fingerprint density at radius 2 is 2.15 bits per heavy atom. The molecule has 1 aliphatic carbocycles. The summed E-state index contributed by atoms with van der Waals surface area (Å²) in [6, 6.07) is 5.20. The number of halogens is 1. The Hall–Kier alpha value is -1.41. The first-order valence-corrected chi connectivity index (χ1v) is 8.07. The Morgan fingerprint density at radius 1 is 1.40 bits per heavy atom. The molecule has 5 heteroatoms. The molecule has 1 aromatic rings. The number of hydrogen-bond donors (Lipinski definition) is 1. The number of alkyl halides is 1. The molecule has 0 bridgehead atoms. The van der Waals surface area contributed by atoms with Gasteiger partial charge in [0.05, 0.1) is 5.56 Å². The highest BCUT2D eigenvalue weighted by molar-refractivity contribution is 9.09. The summed E-state index contributed by atoms with van der Waals surface area (Å²) in [6.45, 7) is 0.705. The van der Waals surface area contributed by atoms with Crippen LogP contribution in [-0.2, 0) is 0 Å². The van der Waals surface area contributed by atoms with E-state index in [-0.39, 0.29) is 5.91 Å². The van der Waals surface area contributed by atoms with E-state index in [9.17, 15) is 4.79 Å². The van der Waals surface area contributed by atoms with E-state index in [0.717, 1.165) is 5.33 Å². The molecule has 1 N–H and O–H groups in total. The Kier molecular flexibility index (Phi) is 5.54. The summed E-state index contributed by atoms with van der Waals surface area (Å²) in [5, 5.41) is 12.7. The fourth-order valence-corrected chi connectivity index (χ4v) is 3.52. The average molecular weight is 336 g/mol. The van der Waals surface area contributed by atoms with Gasteiger partial charge in [0.2, 0.25) is 0 Å². The number of pyridine rings is 1. The first kappa shape index (κ1) is 15.0. The van der Waals surface area contributed by atoms with E-state index in [2.05, 4.69) is 26.2 Å². The summed E-state index contributed by atoms with van der Waals surface area (Å²) in [5.41, 5.74) is 0.836. The molecule has 1 aliphatic rings. The standard InChI is InChI=1S/C15H18BrN3O/c16-7-12-3-1-2-4-13(12)10-19-15(20)14-6-5-11(8-17)9-18-14/h5-6,9,12-13H,1-4,7,10H2,(H,19,20). The van der Waals surface area contributed by atoms with Crippen LogP contribution in [0.4, 0.5) is 0 Å². The smallest absolute Gasteiger partial charge is 0.269 e. The van der Waals surface area contributed by atoms with Crippen molar-refractivity contribution in [2.45, 2.75) is 25.7 Å². The molecule has 0 saturated heterocycles. The maximum atomic E-state index is 12.0. The molecule has 0 radical (unpaired) electrons. The van der Waals surface area contributed by atoms with Crippen LogP contribution in [0.25, 0.3) is 0 Å². The van der Waals surface area contributed by atoms with E-state index >= 15 is 0 Å². The Labute approximate surface area is 127 Å². The molecule has 1 amide bonds. The summed E-state index contributed by atoms with van der Waals surface area (Å²) < 4.78 is 0. The van der Waals surface area contributed by atoms with Crippen LogP contribution < -0.4 is 5.32 Å². The second kappa shape index (κ2) is 7.39. The zero-order valence-electron chi connectivity index (χ0n) is 11.3. The molecule has 0 aromatic carbocycles. The highest BCUT2D eigenvalue weighted by Crippen LogP contribution is 2.30. The third-order valence-electron chi connectivity index (χ3n) is 3.91. The summed E-state index contributed by atoms with van der Waals surface area (Å²) in [7, 11) is 0. The van der Waals surface area contributed by atoms with Crippen molar-refractivity contribution in [2.75, 3.05) is 11.9 Å². The summed E-state index contributed by atoms with van der Waals surface area (Å²) in [6.07, 6.45) is 6.38. The summed E-state index contributed by atoms with van der Waals surface area (Å²) in [5.74, 6) is 1.04. The number of carbonyl (C=O) groups excluding carboxylic acids is 1. The number of aromatic nitrogens is 1. The predicted molar refractivity (Wildman–Crippen MR) is 80.5 cm³/mol. The Bertz CT molecular complexity index is 495. The molecule has 1 fully saturated rings. The minimum absolute atomic E-state index is 0.159. The van der Waals surface area contributed by atoms with Gasteiger partial charge >= 0.3 is 0 Å². The number of carbonyl (C=O) groups is 1. The van der Waals surface area contributed by atoms with Crippen molar-refractivity contribution in [3.8, 4) is 6.07 Å². The quantitative estimate of drug-likeness (QED) is 0.860. The lowest BCUT2D eigenvalue weighted by atomic mass is 9.80. The molecule has 20 heavy (non-hydrogen) atoms. The molecular weight excluding hydrogens is 318 g/mol. The molecule has 2 atom stereocenters. The van der Waals surface area contributed by atoms with Crippen molar-refractivity contribution in [3.05, 3.63) is 29.6 Å². The van der Waals surface area contributed by atoms with E-state index in [1.54, 1.807) is 12.1 Å². The molecule has 2 unspecified atom stereocenters. The fourth-order valence-electron chi connectivity index (χ4n) is 2.66.